The van der Waals surface area contributed by atoms with E-state index in [2.05, 4.69) is 60.4 Å². The highest BCUT2D eigenvalue weighted by molar-refractivity contribution is 5.38. The van der Waals surface area contributed by atoms with Gasteiger partial charge in [0, 0.05) is 12.5 Å². The molecule has 4 rings (SSSR count). The van der Waals surface area contributed by atoms with Crippen LogP contribution in [0.25, 0.3) is 0 Å². The van der Waals surface area contributed by atoms with Gasteiger partial charge in [-0.25, -0.2) is 0 Å². The van der Waals surface area contributed by atoms with Gasteiger partial charge in [-0.15, -0.1) is 0 Å². The van der Waals surface area contributed by atoms with Crippen LogP contribution in [-0.4, -0.2) is 35.2 Å². The number of hydrogen-bond acceptors (Lipinski definition) is 2. The van der Waals surface area contributed by atoms with E-state index in [0.717, 1.165) is 25.9 Å². The minimum atomic E-state index is -0.229. The van der Waals surface area contributed by atoms with E-state index in [1.165, 1.54) is 35.1 Å². The van der Waals surface area contributed by atoms with Crippen LogP contribution in [0.15, 0.2) is 48.5 Å². The Morgan fingerprint density at radius 1 is 0.917 bits per heavy atom. The van der Waals surface area contributed by atoms with Crippen LogP contribution in [0, 0.1) is 6.92 Å². The summed E-state index contributed by atoms with van der Waals surface area (Å²) in [5, 5.41) is 10.7. The number of nitrogens with zero attached hydrogens (tertiary/aromatic N) is 1. The first-order chi connectivity index (χ1) is 11.7. The van der Waals surface area contributed by atoms with Crippen molar-refractivity contribution in [1.82, 2.24) is 4.90 Å². The molecule has 0 spiro atoms. The average molecular weight is 321 g/mol. The number of piperidine rings is 1. The van der Waals surface area contributed by atoms with Crippen molar-refractivity contribution in [3.63, 3.8) is 0 Å². The molecule has 0 aromatic heterocycles. The predicted octanol–water partition coefficient (Wildman–Crippen LogP) is 3.70. The van der Waals surface area contributed by atoms with Crippen molar-refractivity contribution in [2.24, 2.45) is 0 Å². The van der Waals surface area contributed by atoms with Gasteiger partial charge in [-0.1, -0.05) is 48.5 Å². The molecule has 126 valence electrons. The molecule has 2 aromatic rings. The summed E-state index contributed by atoms with van der Waals surface area (Å²) >= 11 is 0. The van der Waals surface area contributed by atoms with Crippen LogP contribution in [0.2, 0.25) is 0 Å². The van der Waals surface area contributed by atoms with Gasteiger partial charge in [-0.2, -0.15) is 0 Å². The molecule has 1 heterocycles. The Balaban J connectivity index is 1.45. The zero-order chi connectivity index (χ0) is 16.5. The van der Waals surface area contributed by atoms with Crippen molar-refractivity contribution in [3.8, 4) is 0 Å². The lowest BCUT2D eigenvalue weighted by Gasteiger charge is -2.42. The van der Waals surface area contributed by atoms with Gasteiger partial charge in [0.2, 0.25) is 0 Å². The Morgan fingerprint density at radius 3 is 2.42 bits per heavy atom. The van der Waals surface area contributed by atoms with E-state index in [1.807, 2.05) is 0 Å². The van der Waals surface area contributed by atoms with Crippen molar-refractivity contribution < 1.29 is 5.11 Å². The summed E-state index contributed by atoms with van der Waals surface area (Å²) in [6, 6.07) is 17.7. The van der Waals surface area contributed by atoms with E-state index in [0.29, 0.717) is 5.92 Å². The molecule has 0 bridgehead atoms. The van der Waals surface area contributed by atoms with Gasteiger partial charge in [0.25, 0.3) is 0 Å². The predicted molar refractivity (Wildman–Crippen MR) is 98.4 cm³/mol. The molecule has 1 aliphatic heterocycles. The van der Waals surface area contributed by atoms with Crippen LogP contribution in [0.3, 0.4) is 0 Å². The lowest BCUT2D eigenvalue weighted by Crippen LogP contribution is -2.51. The number of aliphatic hydroxyl groups is 1. The highest BCUT2D eigenvalue weighted by Crippen LogP contribution is 2.33. The summed E-state index contributed by atoms with van der Waals surface area (Å²) in [5.74, 6) is 0.678. The number of likely N-dealkylation sites (tertiary alicyclic amines) is 1. The summed E-state index contributed by atoms with van der Waals surface area (Å²) in [6.45, 7) is 4.40. The summed E-state index contributed by atoms with van der Waals surface area (Å²) in [4.78, 5) is 2.54. The lowest BCUT2D eigenvalue weighted by molar-refractivity contribution is 0.0293. The normalized spacial score (nSPS) is 25.4. The van der Waals surface area contributed by atoms with Crippen molar-refractivity contribution >= 4 is 0 Å². The molecule has 0 saturated carbocycles. The van der Waals surface area contributed by atoms with E-state index >= 15 is 0 Å². The molecule has 0 amide bonds. The molecule has 2 aliphatic rings. The number of hydrogen-bond donors (Lipinski definition) is 1. The number of fused-ring (bicyclic) bond motifs is 1. The average Bonchev–Trinajstić information content (AvgIpc) is 2.62. The van der Waals surface area contributed by atoms with Crippen LogP contribution in [0.5, 0.6) is 0 Å². The Hall–Kier alpha value is -1.64. The van der Waals surface area contributed by atoms with Gasteiger partial charge in [0.1, 0.15) is 0 Å². The first-order valence-electron chi connectivity index (χ1n) is 9.27. The maximum absolute atomic E-state index is 10.7. The van der Waals surface area contributed by atoms with E-state index in [-0.39, 0.29) is 12.1 Å². The van der Waals surface area contributed by atoms with Crippen molar-refractivity contribution in [2.75, 3.05) is 13.1 Å². The molecule has 2 nitrogen and oxygen atoms in total. The van der Waals surface area contributed by atoms with E-state index < -0.39 is 0 Å². The second kappa shape index (κ2) is 6.70. The Kier molecular flexibility index (Phi) is 4.43. The van der Waals surface area contributed by atoms with Crippen molar-refractivity contribution in [2.45, 2.75) is 50.7 Å². The highest BCUT2D eigenvalue weighted by atomic mass is 16.3. The monoisotopic (exact) mass is 321 g/mol. The van der Waals surface area contributed by atoms with Crippen LogP contribution in [-0.2, 0) is 12.8 Å². The SMILES string of the molecule is Cc1cccc2c1C[C@@H](N1CCC(c3ccccc3)CC1)[C@H](O)C2. The van der Waals surface area contributed by atoms with Crippen LogP contribution < -0.4 is 0 Å². The van der Waals surface area contributed by atoms with E-state index in [1.54, 1.807) is 0 Å². The Bertz CT molecular complexity index is 688. The fourth-order valence-corrected chi connectivity index (χ4v) is 4.61. The van der Waals surface area contributed by atoms with E-state index in [9.17, 15) is 5.11 Å². The first kappa shape index (κ1) is 15.9. The molecule has 2 heteroatoms. The molecule has 1 aliphatic carbocycles. The van der Waals surface area contributed by atoms with Crippen LogP contribution in [0.1, 0.15) is 41.0 Å². The van der Waals surface area contributed by atoms with Crippen molar-refractivity contribution in [3.05, 3.63) is 70.8 Å². The first-order valence-corrected chi connectivity index (χ1v) is 9.27. The standard InChI is InChI=1S/C22H27NO/c1-16-6-5-9-19-14-22(24)21(15-20(16)19)23-12-10-18(11-13-23)17-7-3-2-4-8-17/h2-9,18,21-22,24H,10-15H2,1H3/t21-,22-/m1/s1. The minimum absolute atomic E-state index is 0.229. The molecule has 24 heavy (non-hydrogen) atoms. The largest absolute Gasteiger partial charge is 0.391 e. The molecule has 0 radical (unpaired) electrons. The number of aliphatic hydroxyl groups excluding tert-OH is 1. The van der Waals surface area contributed by atoms with Crippen LogP contribution in [0.4, 0.5) is 0 Å². The minimum Gasteiger partial charge on any atom is -0.391 e. The Morgan fingerprint density at radius 2 is 1.67 bits per heavy atom. The quantitative estimate of drug-likeness (QED) is 0.911. The topological polar surface area (TPSA) is 23.5 Å². The van der Waals surface area contributed by atoms with Crippen LogP contribution >= 0.6 is 0 Å². The van der Waals surface area contributed by atoms with Gasteiger partial charge in [0.15, 0.2) is 0 Å². The third kappa shape index (κ3) is 3.01. The molecular formula is C22H27NO. The lowest BCUT2D eigenvalue weighted by atomic mass is 9.81. The highest BCUT2D eigenvalue weighted by Gasteiger charge is 2.34. The Labute approximate surface area is 145 Å². The number of rotatable bonds is 2. The molecule has 1 saturated heterocycles. The maximum atomic E-state index is 10.7. The van der Waals surface area contributed by atoms with Gasteiger partial charge in [-0.3, -0.25) is 4.90 Å². The third-order valence-electron chi connectivity index (χ3n) is 6.06. The van der Waals surface area contributed by atoms with Gasteiger partial charge >= 0.3 is 0 Å². The summed E-state index contributed by atoms with van der Waals surface area (Å²) in [6.07, 6.45) is 3.98. The zero-order valence-electron chi connectivity index (χ0n) is 14.5. The number of benzene rings is 2. The zero-order valence-corrected chi connectivity index (χ0v) is 14.5. The third-order valence-corrected chi connectivity index (χ3v) is 6.06. The molecule has 1 N–H and O–H groups in total. The van der Waals surface area contributed by atoms with Crippen molar-refractivity contribution in [1.29, 1.82) is 0 Å². The molecular weight excluding hydrogens is 294 g/mol. The van der Waals surface area contributed by atoms with Gasteiger partial charge < -0.3 is 5.11 Å². The molecule has 0 unspecified atom stereocenters. The second-order valence-electron chi connectivity index (χ2n) is 7.48. The molecule has 1 fully saturated rings. The fraction of sp³-hybridized carbons (Fsp3) is 0.455. The molecule has 2 atom stereocenters. The summed E-state index contributed by atoms with van der Waals surface area (Å²) in [5.41, 5.74) is 5.67. The summed E-state index contributed by atoms with van der Waals surface area (Å²) in [7, 11) is 0. The van der Waals surface area contributed by atoms with E-state index in [4.69, 9.17) is 0 Å². The summed E-state index contributed by atoms with van der Waals surface area (Å²) < 4.78 is 0. The molecule has 2 aromatic carbocycles. The maximum Gasteiger partial charge on any atom is 0.0738 e. The second-order valence-corrected chi connectivity index (χ2v) is 7.48. The number of aryl methyl sites for hydroxylation is 1. The fourth-order valence-electron chi connectivity index (χ4n) is 4.61. The van der Waals surface area contributed by atoms with Gasteiger partial charge in [-0.05, 0) is 67.4 Å². The van der Waals surface area contributed by atoms with Gasteiger partial charge in [0.05, 0.1) is 6.10 Å². The smallest absolute Gasteiger partial charge is 0.0738 e.